The summed E-state index contributed by atoms with van der Waals surface area (Å²) in [7, 11) is 0. The molecule has 1 aliphatic carbocycles. The average Bonchev–Trinajstić information content (AvgIpc) is 3.02. The number of carboxylic acids is 1. The van der Waals surface area contributed by atoms with Gasteiger partial charge in [-0.3, -0.25) is 4.79 Å². The van der Waals surface area contributed by atoms with Gasteiger partial charge in [0.1, 0.15) is 5.82 Å². The highest BCUT2D eigenvalue weighted by atomic mass is 35.5. The van der Waals surface area contributed by atoms with Gasteiger partial charge in [-0.2, -0.15) is 11.8 Å². The van der Waals surface area contributed by atoms with E-state index in [0.717, 1.165) is 29.9 Å². The minimum Gasteiger partial charge on any atom is -0.481 e. The summed E-state index contributed by atoms with van der Waals surface area (Å²) >= 11 is 7.39. The van der Waals surface area contributed by atoms with Crippen LogP contribution in [0.2, 0.25) is 5.02 Å². The molecule has 98 valence electrons. The third kappa shape index (κ3) is 3.62. The minimum absolute atomic E-state index is 0.000322. The van der Waals surface area contributed by atoms with Crippen LogP contribution >= 0.6 is 23.4 Å². The smallest absolute Gasteiger partial charge is 0.303 e. The molecule has 0 spiro atoms. The van der Waals surface area contributed by atoms with Crippen molar-refractivity contribution in [2.24, 2.45) is 5.41 Å². The molecule has 1 aromatic rings. The molecule has 0 saturated heterocycles. The van der Waals surface area contributed by atoms with Crippen molar-refractivity contribution in [2.75, 3.05) is 5.75 Å². The first kappa shape index (κ1) is 13.7. The largest absolute Gasteiger partial charge is 0.481 e. The summed E-state index contributed by atoms with van der Waals surface area (Å²) < 4.78 is 13.0. The number of hydrogen-bond acceptors (Lipinski definition) is 2. The lowest BCUT2D eigenvalue weighted by Crippen LogP contribution is -2.11. The molecular formula is C13H14ClFO2S. The van der Waals surface area contributed by atoms with Crippen LogP contribution in [0.1, 0.15) is 24.8 Å². The van der Waals surface area contributed by atoms with Crippen LogP contribution in [0, 0.1) is 11.2 Å². The van der Waals surface area contributed by atoms with E-state index in [1.165, 1.54) is 6.07 Å². The van der Waals surface area contributed by atoms with Crippen molar-refractivity contribution in [1.29, 1.82) is 0 Å². The number of carbonyl (C=O) groups is 1. The molecule has 2 rings (SSSR count). The Morgan fingerprint density at radius 2 is 2.22 bits per heavy atom. The van der Waals surface area contributed by atoms with Gasteiger partial charge in [0, 0.05) is 5.75 Å². The Morgan fingerprint density at radius 1 is 1.50 bits per heavy atom. The summed E-state index contributed by atoms with van der Waals surface area (Å²) in [6, 6.07) is 4.70. The van der Waals surface area contributed by atoms with Gasteiger partial charge in [0.25, 0.3) is 0 Å². The number of aliphatic carboxylic acids is 1. The first-order valence-corrected chi connectivity index (χ1v) is 7.28. The summed E-state index contributed by atoms with van der Waals surface area (Å²) in [5.74, 6) is 0.447. The zero-order chi connectivity index (χ0) is 13.2. The van der Waals surface area contributed by atoms with E-state index in [9.17, 15) is 9.18 Å². The van der Waals surface area contributed by atoms with Crippen LogP contribution in [0.25, 0.3) is 0 Å². The standard InChI is InChI=1S/C13H14ClFO2S/c14-10-5-9(1-2-11(10)15)7-18-8-13(3-4-13)6-12(16)17/h1-2,5H,3-4,6-8H2,(H,16,17). The van der Waals surface area contributed by atoms with Gasteiger partial charge >= 0.3 is 5.97 Å². The maximum Gasteiger partial charge on any atom is 0.303 e. The van der Waals surface area contributed by atoms with Gasteiger partial charge < -0.3 is 5.11 Å². The molecule has 1 saturated carbocycles. The van der Waals surface area contributed by atoms with Crippen LogP contribution in [0.15, 0.2) is 18.2 Å². The van der Waals surface area contributed by atoms with Gasteiger partial charge in [0.15, 0.2) is 0 Å². The second kappa shape index (κ2) is 5.49. The fourth-order valence-corrected chi connectivity index (χ4v) is 3.43. The quantitative estimate of drug-likeness (QED) is 0.861. The second-order valence-corrected chi connectivity index (χ2v) is 6.20. The van der Waals surface area contributed by atoms with Crippen molar-refractivity contribution in [3.63, 3.8) is 0 Å². The zero-order valence-corrected chi connectivity index (χ0v) is 11.4. The topological polar surface area (TPSA) is 37.3 Å². The summed E-state index contributed by atoms with van der Waals surface area (Å²) in [4.78, 5) is 10.7. The zero-order valence-electron chi connectivity index (χ0n) is 9.79. The molecule has 1 fully saturated rings. The van der Waals surface area contributed by atoms with E-state index in [1.807, 2.05) is 0 Å². The first-order chi connectivity index (χ1) is 8.51. The van der Waals surface area contributed by atoms with E-state index in [-0.39, 0.29) is 16.9 Å². The predicted octanol–water partition coefficient (Wildman–Crippen LogP) is 3.97. The highest BCUT2D eigenvalue weighted by Crippen LogP contribution is 2.51. The SMILES string of the molecule is O=C(O)CC1(CSCc2ccc(F)c(Cl)c2)CC1. The van der Waals surface area contributed by atoms with Gasteiger partial charge in [0.2, 0.25) is 0 Å². The number of hydrogen-bond donors (Lipinski definition) is 1. The predicted molar refractivity (Wildman–Crippen MR) is 71.5 cm³/mol. The lowest BCUT2D eigenvalue weighted by atomic mass is 10.1. The molecule has 0 bridgehead atoms. The van der Waals surface area contributed by atoms with E-state index in [1.54, 1.807) is 23.9 Å². The molecule has 0 aliphatic heterocycles. The maximum absolute atomic E-state index is 13.0. The molecule has 1 aromatic carbocycles. The van der Waals surface area contributed by atoms with Gasteiger partial charge in [-0.1, -0.05) is 17.7 Å². The van der Waals surface area contributed by atoms with Gasteiger partial charge in [-0.15, -0.1) is 0 Å². The fraction of sp³-hybridized carbons (Fsp3) is 0.462. The Balaban J connectivity index is 1.82. The second-order valence-electron chi connectivity index (χ2n) is 4.81. The molecule has 1 aliphatic rings. The molecule has 0 aromatic heterocycles. The van der Waals surface area contributed by atoms with Gasteiger partial charge in [0.05, 0.1) is 11.4 Å². The van der Waals surface area contributed by atoms with Crippen LogP contribution in [-0.2, 0) is 10.5 Å². The van der Waals surface area contributed by atoms with Gasteiger partial charge in [-0.05, 0) is 41.7 Å². The molecule has 1 N–H and O–H groups in total. The Kier molecular flexibility index (Phi) is 4.17. The maximum atomic E-state index is 13.0. The van der Waals surface area contributed by atoms with E-state index in [0.29, 0.717) is 0 Å². The molecule has 18 heavy (non-hydrogen) atoms. The number of rotatable bonds is 6. The Bertz CT molecular complexity index is 460. The van der Waals surface area contributed by atoms with Crippen LogP contribution in [0.5, 0.6) is 0 Å². The van der Waals surface area contributed by atoms with E-state index in [2.05, 4.69) is 0 Å². The summed E-state index contributed by atoms with van der Waals surface area (Å²) in [5, 5.41) is 8.94. The normalized spacial score (nSPS) is 16.6. The van der Waals surface area contributed by atoms with Crippen LogP contribution in [-0.4, -0.2) is 16.8 Å². The molecule has 5 heteroatoms. The van der Waals surface area contributed by atoms with Gasteiger partial charge in [-0.25, -0.2) is 4.39 Å². The van der Waals surface area contributed by atoms with Crippen LogP contribution < -0.4 is 0 Å². The Labute approximate surface area is 115 Å². The van der Waals surface area contributed by atoms with Crippen molar-refractivity contribution in [1.82, 2.24) is 0 Å². The van der Waals surface area contributed by atoms with E-state index in [4.69, 9.17) is 16.7 Å². The van der Waals surface area contributed by atoms with Crippen LogP contribution in [0.4, 0.5) is 4.39 Å². The highest BCUT2D eigenvalue weighted by molar-refractivity contribution is 7.98. The lowest BCUT2D eigenvalue weighted by molar-refractivity contribution is -0.138. The van der Waals surface area contributed by atoms with Crippen molar-refractivity contribution in [2.45, 2.75) is 25.0 Å². The van der Waals surface area contributed by atoms with Crippen LogP contribution in [0.3, 0.4) is 0 Å². The number of carboxylic acid groups (broad SMARTS) is 1. The minimum atomic E-state index is -0.724. The third-order valence-electron chi connectivity index (χ3n) is 3.14. The summed E-state index contributed by atoms with van der Waals surface area (Å²) in [6.07, 6.45) is 2.25. The molecule has 0 radical (unpaired) electrons. The average molecular weight is 289 g/mol. The molecule has 2 nitrogen and oxygen atoms in total. The first-order valence-electron chi connectivity index (χ1n) is 5.74. The Hall–Kier alpha value is -0.740. The molecular weight excluding hydrogens is 275 g/mol. The fourth-order valence-electron chi connectivity index (χ4n) is 1.88. The number of halogens is 2. The molecule has 0 amide bonds. The van der Waals surface area contributed by atoms with E-state index < -0.39 is 11.8 Å². The van der Waals surface area contributed by atoms with Crippen molar-refractivity contribution in [3.8, 4) is 0 Å². The lowest BCUT2D eigenvalue weighted by Gasteiger charge is -2.11. The van der Waals surface area contributed by atoms with Crippen molar-refractivity contribution < 1.29 is 14.3 Å². The van der Waals surface area contributed by atoms with Crippen molar-refractivity contribution >= 4 is 29.3 Å². The van der Waals surface area contributed by atoms with Crippen molar-refractivity contribution in [3.05, 3.63) is 34.6 Å². The van der Waals surface area contributed by atoms with E-state index >= 15 is 0 Å². The number of benzene rings is 1. The Morgan fingerprint density at radius 3 is 2.78 bits per heavy atom. The monoisotopic (exact) mass is 288 g/mol. The third-order valence-corrected chi connectivity index (χ3v) is 4.79. The highest BCUT2D eigenvalue weighted by Gasteiger charge is 2.43. The summed E-state index contributed by atoms with van der Waals surface area (Å²) in [5.41, 5.74) is 0.970. The molecule has 0 heterocycles. The number of thioether (sulfide) groups is 1. The molecule has 0 unspecified atom stereocenters. The molecule has 0 atom stereocenters. The summed E-state index contributed by atoms with van der Waals surface area (Å²) in [6.45, 7) is 0.